The average molecular weight is 298 g/mol. The quantitative estimate of drug-likeness (QED) is 0.865. The zero-order chi connectivity index (χ0) is 12.6. The number of carbonyl (C=O) groups excluding carboxylic acids is 1. The minimum absolute atomic E-state index is 0.206. The number of hydrogen-bond acceptors (Lipinski definition) is 3. The molecule has 5 heteroatoms. The van der Waals surface area contributed by atoms with E-state index in [9.17, 15) is 4.79 Å². The van der Waals surface area contributed by atoms with Crippen molar-refractivity contribution in [3.05, 3.63) is 28.2 Å². The largest absolute Gasteiger partial charge is 0.369 e. The molecule has 2 unspecified atom stereocenters. The van der Waals surface area contributed by atoms with Gasteiger partial charge in [-0.15, -0.1) is 0 Å². The predicted molar refractivity (Wildman–Crippen MR) is 72.0 cm³/mol. The Morgan fingerprint density at radius 3 is 2.65 bits per heavy atom. The van der Waals surface area contributed by atoms with Crippen LogP contribution in [0.5, 0.6) is 0 Å². The van der Waals surface area contributed by atoms with Gasteiger partial charge in [0.15, 0.2) is 0 Å². The number of nitrogens with two attached hydrogens (primary N) is 2. The van der Waals surface area contributed by atoms with Gasteiger partial charge >= 0.3 is 0 Å². The van der Waals surface area contributed by atoms with Gasteiger partial charge < -0.3 is 16.4 Å². The van der Waals surface area contributed by atoms with Crippen molar-refractivity contribution < 1.29 is 4.79 Å². The van der Waals surface area contributed by atoms with Crippen molar-refractivity contribution in [3.8, 4) is 0 Å². The highest BCUT2D eigenvalue weighted by Gasteiger charge is 2.27. The van der Waals surface area contributed by atoms with Crippen LogP contribution in [-0.4, -0.2) is 25.0 Å². The molecule has 1 fully saturated rings. The highest BCUT2D eigenvalue weighted by atomic mass is 79.9. The summed E-state index contributed by atoms with van der Waals surface area (Å²) in [6.07, 6.45) is 0. The second kappa shape index (κ2) is 4.66. The normalized spacial score (nSPS) is 24.1. The fraction of sp³-hybridized carbons (Fsp3) is 0.417. The van der Waals surface area contributed by atoms with E-state index >= 15 is 0 Å². The molecule has 0 aliphatic carbocycles. The first-order chi connectivity index (χ1) is 7.99. The minimum atomic E-state index is -0.413. The summed E-state index contributed by atoms with van der Waals surface area (Å²) in [5.41, 5.74) is 12.8. The van der Waals surface area contributed by atoms with Crippen LogP contribution in [-0.2, 0) is 0 Å². The highest BCUT2D eigenvalue weighted by Crippen LogP contribution is 2.31. The van der Waals surface area contributed by atoms with E-state index < -0.39 is 5.91 Å². The smallest absolute Gasteiger partial charge is 0.248 e. The Balaban J connectivity index is 2.26. The van der Waals surface area contributed by atoms with Crippen LogP contribution in [0.1, 0.15) is 17.3 Å². The van der Waals surface area contributed by atoms with Gasteiger partial charge in [-0.25, -0.2) is 0 Å². The van der Waals surface area contributed by atoms with Gasteiger partial charge in [-0.3, -0.25) is 4.79 Å². The van der Waals surface area contributed by atoms with Crippen LogP contribution in [0.2, 0.25) is 0 Å². The molecule has 2 rings (SSSR count). The van der Waals surface area contributed by atoms with Gasteiger partial charge in [-0.2, -0.15) is 0 Å². The molecule has 0 spiro atoms. The number of primary amides is 1. The lowest BCUT2D eigenvalue weighted by atomic mass is 10.1. The summed E-state index contributed by atoms with van der Waals surface area (Å²) in [5.74, 6) is 0.0708. The monoisotopic (exact) mass is 297 g/mol. The Bertz CT molecular complexity index is 439. The molecule has 0 bridgehead atoms. The SMILES string of the molecule is CC1CN(c2ccc(C(N)=O)cc2Br)CC1N. The first-order valence-electron chi connectivity index (χ1n) is 5.59. The minimum Gasteiger partial charge on any atom is -0.369 e. The number of benzene rings is 1. The van der Waals surface area contributed by atoms with Crippen LogP contribution in [0.25, 0.3) is 0 Å². The molecule has 1 aliphatic rings. The number of anilines is 1. The van der Waals surface area contributed by atoms with E-state index in [0.717, 1.165) is 23.2 Å². The molecule has 1 aromatic rings. The number of amides is 1. The zero-order valence-corrected chi connectivity index (χ0v) is 11.3. The van der Waals surface area contributed by atoms with Crippen LogP contribution in [0.15, 0.2) is 22.7 Å². The summed E-state index contributed by atoms with van der Waals surface area (Å²) in [7, 11) is 0. The fourth-order valence-corrected chi connectivity index (χ4v) is 2.73. The van der Waals surface area contributed by atoms with Crippen molar-refractivity contribution in [2.24, 2.45) is 17.4 Å². The molecule has 4 nitrogen and oxygen atoms in total. The first kappa shape index (κ1) is 12.4. The lowest BCUT2D eigenvalue weighted by Gasteiger charge is -2.20. The molecule has 1 aliphatic heterocycles. The van der Waals surface area contributed by atoms with Crippen molar-refractivity contribution in [2.75, 3.05) is 18.0 Å². The fourth-order valence-electron chi connectivity index (χ4n) is 2.11. The van der Waals surface area contributed by atoms with E-state index in [2.05, 4.69) is 27.8 Å². The van der Waals surface area contributed by atoms with Gasteiger partial charge in [0.25, 0.3) is 0 Å². The highest BCUT2D eigenvalue weighted by molar-refractivity contribution is 9.10. The molecule has 1 saturated heterocycles. The van der Waals surface area contributed by atoms with Crippen LogP contribution in [0.4, 0.5) is 5.69 Å². The summed E-state index contributed by atoms with van der Waals surface area (Å²) in [6, 6.07) is 5.62. The third-order valence-electron chi connectivity index (χ3n) is 3.24. The number of carbonyl (C=O) groups is 1. The molecule has 17 heavy (non-hydrogen) atoms. The predicted octanol–water partition coefficient (Wildman–Crippen LogP) is 1.33. The summed E-state index contributed by atoms with van der Waals surface area (Å²) in [4.78, 5) is 13.3. The average Bonchev–Trinajstić information content (AvgIpc) is 2.58. The summed E-state index contributed by atoms with van der Waals surface area (Å²) in [5, 5.41) is 0. The maximum atomic E-state index is 11.1. The third kappa shape index (κ3) is 2.45. The molecule has 1 heterocycles. The van der Waals surface area contributed by atoms with Gasteiger partial charge in [0.1, 0.15) is 0 Å². The van der Waals surface area contributed by atoms with E-state index in [1.165, 1.54) is 0 Å². The van der Waals surface area contributed by atoms with Crippen molar-refractivity contribution in [1.82, 2.24) is 0 Å². The molecule has 92 valence electrons. The van der Waals surface area contributed by atoms with Crippen molar-refractivity contribution >= 4 is 27.5 Å². The standard InChI is InChI=1S/C12H16BrN3O/c1-7-5-16(6-10(7)14)11-3-2-8(12(15)17)4-9(11)13/h2-4,7,10H,5-6,14H2,1H3,(H2,15,17). The van der Waals surface area contributed by atoms with Gasteiger partial charge in [-0.05, 0) is 40.0 Å². The summed E-state index contributed by atoms with van der Waals surface area (Å²) >= 11 is 3.48. The Morgan fingerprint density at radius 1 is 1.47 bits per heavy atom. The van der Waals surface area contributed by atoms with E-state index in [0.29, 0.717) is 11.5 Å². The van der Waals surface area contributed by atoms with Crippen molar-refractivity contribution in [1.29, 1.82) is 0 Å². The Hall–Kier alpha value is -1.07. The van der Waals surface area contributed by atoms with Gasteiger partial charge in [0.05, 0.1) is 5.69 Å². The lowest BCUT2D eigenvalue weighted by molar-refractivity contribution is 0.100. The summed E-state index contributed by atoms with van der Waals surface area (Å²) in [6.45, 7) is 3.93. The first-order valence-corrected chi connectivity index (χ1v) is 6.38. The third-order valence-corrected chi connectivity index (χ3v) is 3.88. The summed E-state index contributed by atoms with van der Waals surface area (Å²) < 4.78 is 0.884. The Labute approximate surface area is 109 Å². The molecule has 1 amide bonds. The molecule has 0 saturated carbocycles. The van der Waals surface area contributed by atoms with Gasteiger partial charge in [0, 0.05) is 29.2 Å². The molecule has 1 aromatic carbocycles. The van der Waals surface area contributed by atoms with Crippen LogP contribution >= 0.6 is 15.9 Å². The Morgan fingerprint density at radius 2 is 2.18 bits per heavy atom. The van der Waals surface area contributed by atoms with Crippen molar-refractivity contribution in [2.45, 2.75) is 13.0 Å². The second-order valence-electron chi connectivity index (χ2n) is 4.58. The topological polar surface area (TPSA) is 72.3 Å². The molecule has 2 atom stereocenters. The molecule has 4 N–H and O–H groups in total. The Kier molecular flexibility index (Phi) is 3.40. The number of hydrogen-bond donors (Lipinski definition) is 2. The van der Waals surface area contributed by atoms with E-state index in [1.807, 2.05) is 6.07 Å². The second-order valence-corrected chi connectivity index (χ2v) is 5.43. The maximum absolute atomic E-state index is 11.1. The molecule has 0 radical (unpaired) electrons. The molecular weight excluding hydrogens is 282 g/mol. The van der Waals surface area contributed by atoms with E-state index in [4.69, 9.17) is 11.5 Å². The maximum Gasteiger partial charge on any atom is 0.248 e. The molecule has 0 aromatic heterocycles. The number of rotatable bonds is 2. The number of nitrogens with zero attached hydrogens (tertiary/aromatic N) is 1. The van der Waals surface area contributed by atoms with Gasteiger partial charge in [-0.1, -0.05) is 6.92 Å². The van der Waals surface area contributed by atoms with Crippen LogP contribution in [0.3, 0.4) is 0 Å². The van der Waals surface area contributed by atoms with E-state index in [-0.39, 0.29) is 6.04 Å². The van der Waals surface area contributed by atoms with E-state index in [1.54, 1.807) is 12.1 Å². The lowest BCUT2D eigenvalue weighted by Crippen LogP contribution is -2.28. The van der Waals surface area contributed by atoms with Crippen LogP contribution < -0.4 is 16.4 Å². The van der Waals surface area contributed by atoms with Gasteiger partial charge in [0.2, 0.25) is 5.91 Å². The zero-order valence-electron chi connectivity index (χ0n) is 9.69. The van der Waals surface area contributed by atoms with Crippen molar-refractivity contribution in [3.63, 3.8) is 0 Å². The van der Waals surface area contributed by atoms with Crippen LogP contribution in [0, 0.1) is 5.92 Å². The number of halogens is 1. The molecular formula is C12H16BrN3O.